The van der Waals surface area contributed by atoms with E-state index >= 15 is 0 Å². The molecule has 1 atom stereocenters. The van der Waals surface area contributed by atoms with Crippen LogP contribution in [0.3, 0.4) is 0 Å². The first-order valence-electron chi connectivity index (χ1n) is 12.8. The Balaban J connectivity index is 1.58. The molecule has 0 saturated heterocycles. The molecule has 5 aromatic rings. The zero-order valence-electron chi connectivity index (χ0n) is 22.6. The number of nitrogens with zero attached hydrogens (tertiary/aromatic N) is 3. The second-order valence-electron chi connectivity index (χ2n) is 9.52. The molecular formula is C32H24ClN3O4S2. The first kappa shape index (κ1) is 29.3. The van der Waals surface area contributed by atoms with Crippen molar-refractivity contribution in [2.75, 3.05) is 5.75 Å². The number of carbonyl (C=O) groups is 1. The highest BCUT2D eigenvalue weighted by Crippen LogP contribution is 2.35. The molecule has 210 valence electrons. The molecule has 7 nitrogen and oxygen atoms in total. The normalized spacial score (nSPS) is 12.0. The summed E-state index contributed by atoms with van der Waals surface area (Å²) in [5.74, 6) is -1.29. The monoisotopic (exact) mass is 613 g/mol. The van der Waals surface area contributed by atoms with Crippen LogP contribution in [0.4, 0.5) is 0 Å². The van der Waals surface area contributed by atoms with E-state index in [4.69, 9.17) is 15.8 Å². The first-order chi connectivity index (χ1) is 20.2. The number of thioether (sulfide) groups is 1. The van der Waals surface area contributed by atoms with E-state index in [-0.39, 0.29) is 27.5 Å². The Morgan fingerprint density at radius 2 is 1.64 bits per heavy atom. The molecule has 0 aliphatic rings. The van der Waals surface area contributed by atoms with Crippen molar-refractivity contribution in [2.45, 2.75) is 29.8 Å². The Kier molecular flexibility index (Phi) is 8.59. The Bertz CT molecular complexity index is 1930. The van der Waals surface area contributed by atoms with Crippen molar-refractivity contribution >= 4 is 50.0 Å². The van der Waals surface area contributed by atoms with E-state index in [1.54, 1.807) is 43.3 Å². The average molecular weight is 614 g/mol. The number of fused-ring (bicyclic) bond motifs is 1. The maximum atomic E-state index is 13.2. The van der Waals surface area contributed by atoms with Crippen molar-refractivity contribution in [3.8, 4) is 11.9 Å². The SMILES string of the molecule is Cc1ccc(S(=O)(=O)Oc2nc(SCC(=O)c3ccc(Cl)cc3)nc(C(C#N)c3cccc4ccccc34)c2C)cc1. The Labute approximate surface area is 253 Å². The number of halogens is 1. The van der Waals surface area contributed by atoms with Gasteiger partial charge in [-0.25, -0.2) is 4.98 Å². The maximum absolute atomic E-state index is 13.2. The van der Waals surface area contributed by atoms with Crippen molar-refractivity contribution in [1.29, 1.82) is 5.26 Å². The number of rotatable bonds is 9. The van der Waals surface area contributed by atoms with Gasteiger partial charge in [-0.05, 0) is 66.6 Å². The number of hydrogen-bond acceptors (Lipinski definition) is 8. The van der Waals surface area contributed by atoms with Crippen LogP contribution in [-0.2, 0) is 10.1 Å². The van der Waals surface area contributed by atoms with Crippen LogP contribution in [-0.4, -0.2) is 29.9 Å². The third-order valence-electron chi connectivity index (χ3n) is 6.65. The van der Waals surface area contributed by atoms with Gasteiger partial charge >= 0.3 is 10.1 Å². The largest absolute Gasteiger partial charge is 0.358 e. The molecule has 1 unspecified atom stereocenters. The molecule has 0 aliphatic carbocycles. The smallest absolute Gasteiger partial charge is 0.340 e. The van der Waals surface area contributed by atoms with Crippen molar-refractivity contribution in [1.82, 2.24) is 9.97 Å². The topological polar surface area (TPSA) is 110 Å². The Morgan fingerprint density at radius 1 is 0.952 bits per heavy atom. The molecule has 0 radical (unpaired) electrons. The molecule has 1 aromatic heterocycles. The van der Waals surface area contributed by atoms with Crippen LogP contribution >= 0.6 is 23.4 Å². The van der Waals surface area contributed by atoms with Gasteiger partial charge in [0.2, 0.25) is 5.88 Å². The molecular weight excluding hydrogens is 590 g/mol. The highest BCUT2D eigenvalue weighted by Gasteiger charge is 2.27. The molecule has 1 heterocycles. The maximum Gasteiger partial charge on any atom is 0.340 e. The highest BCUT2D eigenvalue weighted by atomic mass is 35.5. The van der Waals surface area contributed by atoms with Gasteiger partial charge in [0, 0.05) is 16.1 Å². The van der Waals surface area contributed by atoms with E-state index in [9.17, 15) is 18.5 Å². The van der Waals surface area contributed by atoms with Crippen LogP contribution in [0.5, 0.6) is 5.88 Å². The number of hydrogen-bond donors (Lipinski definition) is 0. The van der Waals surface area contributed by atoms with Gasteiger partial charge < -0.3 is 4.18 Å². The quantitative estimate of drug-likeness (QED) is 0.0737. The molecule has 0 aliphatic heterocycles. The van der Waals surface area contributed by atoms with Crippen LogP contribution in [0.1, 0.15) is 38.7 Å². The number of aryl methyl sites for hydroxylation is 1. The summed E-state index contributed by atoms with van der Waals surface area (Å²) in [5, 5.41) is 12.8. The summed E-state index contributed by atoms with van der Waals surface area (Å²) in [6.07, 6.45) is 0. The van der Waals surface area contributed by atoms with Crippen molar-refractivity contribution < 1.29 is 17.4 Å². The van der Waals surface area contributed by atoms with Crippen molar-refractivity contribution in [3.63, 3.8) is 0 Å². The van der Waals surface area contributed by atoms with Gasteiger partial charge in [-0.15, -0.1) is 0 Å². The fourth-order valence-electron chi connectivity index (χ4n) is 4.41. The van der Waals surface area contributed by atoms with Gasteiger partial charge in [0.1, 0.15) is 10.8 Å². The van der Waals surface area contributed by atoms with E-state index in [2.05, 4.69) is 16.0 Å². The lowest BCUT2D eigenvalue weighted by Gasteiger charge is -2.17. The van der Waals surface area contributed by atoms with Gasteiger partial charge in [0.15, 0.2) is 10.9 Å². The average Bonchev–Trinajstić information content (AvgIpc) is 2.99. The predicted molar refractivity (Wildman–Crippen MR) is 164 cm³/mol. The lowest BCUT2D eigenvalue weighted by molar-refractivity contribution is 0.102. The van der Waals surface area contributed by atoms with Gasteiger partial charge in [-0.3, -0.25) is 4.79 Å². The van der Waals surface area contributed by atoms with Crippen LogP contribution in [0, 0.1) is 25.2 Å². The van der Waals surface area contributed by atoms with E-state index in [1.165, 1.54) is 12.1 Å². The zero-order valence-corrected chi connectivity index (χ0v) is 25.0. The fraction of sp³-hybridized carbons (Fsp3) is 0.125. The number of carbonyl (C=O) groups excluding carboxylic acids is 1. The Hall–Kier alpha value is -4.23. The number of aromatic nitrogens is 2. The summed E-state index contributed by atoms with van der Waals surface area (Å²) in [7, 11) is -4.26. The Morgan fingerprint density at radius 3 is 2.36 bits per heavy atom. The minimum absolute atomic E-state index is 0.0280. The lowest BCUT2D eigenvalue weighted by Crippen LogP contribution is -2.15. The molecule has 0 bridgehead atoms. The van der Waals surface area contributed by atoms with Gasteiger partial charge in [-0.2, -0.15) is 18.7 Å². The summed E-state index contributed by atoms with van der Waals surface area (Å²) in [4.78, 5) is 21.9. The molecule has 0 saturated carbocycles. The highest BCUT2D eigenvalue weighted by molar-refractivity contribution is 7.99. The minimum Gasteiger partial charge on any atom is -0.358 e. The summed E-state index contributed by atoms with van der Waals surface area (Å²) >= 11 is 6.97. The molecule has 0 N–H and O–H groups in total. The third-order valence-corrected chi connectivity index (χ3v) is 8.98. The van der Waals surface area contributed by atoms with Crippen molar-refractivity contribution in [3.05, 3.63) is 124 Å². The van der Waals surface area contributed by atoms with E-state index in [0.29, 0.717) is 27.4 Å². The van der Waals surface area contributed by atoms with Crippen LogP contribution in [0.15, 0.2) is 101 Å². The third kappa shape index (κ3) is 6.31. The summed E-state index contributed by atoms with van der Waals surface area (Å²) in [6, 6.07) is 28.4. The summed E-state index contributed by atoms with van der Waals surface area (Å²) < 4.78 is 32.0. The molecule has 10 heteroatoms. The van der Waals surface area contributed by atoms with Gasteiger partial charge in [0.25, 0.3) is 0 Å². The van der Waals surface area contributed by atoms with Crippen LogP contribution in [0.25, 0.3) is 10.8 Å². The second-order valence-corrected chi connectivity index (χ2v) is 12.4. The summed E-state index contributed by atoms with van der Waals surface area (Å²) in [5.41, 5.74) is 2.66. The standard InChI is InChI=1S/C32H24ClN3O4S2/c1-20-10-16-25(17-11-20)42(38,39)40-31-21(2)30(28(18-34)27-9-5-7-22-6-3-4-8-26(22)27)35-32(36-31)41-19-29(37)23-12-14-24(33)15-13-23/h3-17,28H,19H2,1-2H3. The van der Waals surface area contributed by atoms with E-state index in [0.717, 1.165) is 28.1 Å². The van der Waals surface area contributed by atoms with E-state index < -0.39 is 16.0 Å². The molecule has 0 amide bonds. The molecule has 5 rings (SSSR count). The number of nitriles is 1. The zero-order chi connectivity index (χ0) is 29.9. The summed E-state index contributed by atoms with van der Waals surface area (Å²) in [6.45, 7) is 3.47. The molecule has 4 aromatic carbocycles. The second kappa shape index (κ2) is 12.3. The fourth-order valence-corrected chi connectivity index (χ4v) is 6.20. The molecule has 0 fully saturated rings. The van der Waals surface area contributed by atoms with Crippen LogP contribution < -0.4 is 4.18 Å². The first-order valence-corrected chi connectivity index (χ1v) is 15.6. The van der Waals surface area contributed by atoms with Gasteiger partial charge in [-0.1, -0.05) is 83.5 Å². The molecule has 0 spiro atoms. The van der Waals surface area contributed by atoms with Gasteiger partial charge in [0.05, 0.1) is 17.5 Å². The number of Topliss-reactive ketones (excluding diaryl/α,β-unsaturated/α-hetero) is 1. The predicted octanol–water partition coefficient (Wildman–Crippen LogP) is 7.30. The van der Waals surface area contributed by atoms with Crippen LogP contribution in [0.2, 0.25) is 5.02 Å². The number of ketones is 1. The van der Waals surface area contributed by atoms with Crippen molar-refractivity contribution in [2.24, 2.45) is 0 Å². The molecule has 42 heavy (non-hydrogen) atoms. The number of benzene rings is 4. The minimum atomic E-state index is -4.26. The lowest BCUT2D eigenvalue weighted by atomic mass is 9.90. The van der Waals surface area contributed by atoms with E-state index in [1.807, 2.05) is 49.4 Å².